The lowest BCUT2D eigenvalue weighted by Crippen LogP contribution is -2.22. The lowest BCUT2D eigenvalue weighted by Gasteiger charge is -2.19. The van der Waals surface area contributed by atoms with Crippen LogP contribution < -0.4 is 0 Å². The standard InChI is InChI=1S/C11H16O/c12-11(8-3-4-8)10-6-7-1-2-9(10)5-7/h7-10H,1-6H2/t7-,9-,10-/m0/s1. The van der Waals surface area contributed by atoms with Gasteiger partial charge in [0.05, 0.1) is 0 Å². The van der Waals surface area contributed by atoms with Gasteiger partial charge < -0.3 is 0 Å². The topological polar surface area (TPSA) is 17.1 Å². The maximum absolute atomic E-state index is 11.8. The molecular formula is C11H16O. The normalized spacial score (nSPS) is 45.2. The van der Waals surface area contributed by atoms with E-state index in [4.69, 9.17) is 0 Å². The van der Waals surface area contributed by atoms with Gasteiger partial charge in [0.25, 0.3) is 0 Å². The molecule has 3 atom stereocenters. The molecule has 0 unspecified atom stereocenters. The van der Waals surface area contributed by atoms with Crippen LogP contribution in [0.2, 0.25) is 0 Å². The van der Waals surface area contributed by atoms with Gasteiger partial charge in [0.15, 0.2) is 0 Å². The van der Waals surface area contributed by atoms with Crippen molar-refractivity contribution < 1.29 is 4.79 Å². The zero-order chi connectivity index (χ0) is 8.13. The molecule has 12 heavy (non-hydrogen) atoms. The van der Waals surface area contributed by atoms with E-state index in [1.807, 2.05) is 0 Å². The van der Waals surface area contributed by atoms with Crippen molar-refractivity contribution in [1.82, 2.24) is 0 Å². The molecule has 3 fully saturated rings. The van der Waals surface area contributed by atoms with Crippen molar-refractivity contribution in [3.05, 3.63) is 0 Å². The Morgan fingerprint density at radius 1 is 1.00 bits per heavy atom. The molecule has 3 aliphatic carbocycles. The average Bonchev–Trinajstić information content (AvgIpc) is 2.73. The molecule has 0 N–H and O–H groups in total. The van der Waals surface area contributed by atoms with Gasteiger partial charge in [-0.2, -0.15) is 0 Å². The van der Waals surface area contributed by atoms with Crippen molar-refractivity contribution in [1.29, 1.82) is 0 Å². The van der Waals surface area contributed by atoms with E-state index in [0.717, 1.165) is 11.8 Å². The van der Waals surface area contributed by atoms with Gasteiger partial charge in [-0.3, -0.25) is 4.79 Å². The Kier molecular flexibility index (Phi) is 1.38. The SMILES string of the molecule is O=C(C1CC1)[C@H]1C[C@H]2CC[C@H]1C2. The third kappa shape index (κ3) is 0.949. The van der Waals surface area contributed by atoms with Crippen molar-refractivity contribution in [3.8, 4) is 0 Å². The fraction of sp³-hybridized carbons (Fsp3) is 0.909. The van der Waals surface area contributed by atoms with Crippen LogP contribution in [0, 0.1) is 23.7 Å². The van der Waals surface area contributed by atoms with E-state index in [-0.39, 0.29) is 0 Å². The summed E-state index contributed by atoms with van der Waals surface area (Å²) in [5, 5.41) is 0. The van der Waals surface area contributed by atoms with E-state index < -0.39 is 0 Å². The van der Waals surface area contributed by atoms with Gasteiger partial charge in [-0.15, -0.1) is 0 Å². The highest BCUT2D eigenvalue weighted by Crippen LogP contribution is 2.51. The van der Waals surface area contributed by atoms with E-state index >= 15 is 0 Å². The van der Waals surface area contributed by atoms with Gasteiger partial charge in [-0.25, -0.2) is 0 Å². The lowest BCUT2D eigenvalue weighted by molar-refractivity contribution is -0.125. The maximum atomic E-state index is 11.8. The lowest BCUT2D eigenvalue weighted by atomic mass is 9.84. The Hall–Kier alpha value is -0.330. The second-order valence-electron chi connectivity index (χ2n) is 4.96. The Balaban J connectivity index is 1.73. The fourth-order valence-corrected chi connectivity index (χ4v) is 3.26. The van der Waals surface area contributed by atoms with Crippen LogP contribution in [0.15, 0.2) is 0 Å². The van der Waals surface area contributed by atoms with E-state index in [0.29, 0.717) is 17.6 Å². The molecule has 0 heterocycles. The Bertz CT molecular complexity index is 217. The molecule has 0 aromatic carbocycles. The summed E-state index contributed by atoms with van der Waals surface area (Å²) in [7, 11) is 0. The quantitative estimate of drug-likeness (QED) is 0.612. The Labute approximate surface area is 73.5 Å². The first-order valence-electron chi connectivity index (χ1n) is 5.38. The number of hydrogen-bond donors (Lipinski definition) is 0. The monoisotopic (exact) mass is 164 g/mol. The number of fused-ring (bicyclic) bond motifs is 2. The molecule has 0 saturated heterocycles. The maximum Gasteiger partial charge on any atom is 0.139 e. The number of carbonyl (C=O) groups is 1. The Morgan fingerprint density at radius 2 is 1.83 bits per heavy atom. The minimum absolute atomic E-state index is 0.509. The molecule has 0 amide bonds. The molecule has 2 bridgehead atoms. The van der Waals surface area contributed by atoms with Gasteiger partial charge in [0.2, 0.25) is 0 Å². The van der Waals surface area contributed by atoms with Crippen molar-refractivity contribution in [2.24, 2.45) is 23.7 Å². The molecule has 0 spiro atoms. The molecule has 3 rings (SSSR count). The molecule has 3 aliphatic rings. The van der Waals surface area contributed by atoms with E-state index in [9.17, 15) is 4.79 Å². The summed E-state index contributed by atoms with van der Waals surface area (Å²) < 4.78 is 0. The van der Waals surface area contributed by atoms with Crippen molar-refractivity contribution in [2.75, 3.05) is 0 Å². The van der Waals surface area contributed by atoms with Gasteiger partial charge in [0, 0.05) is 11.8 Å². The Morgan fingerprint density at radius 3 is 2.33 bits per heavy atom. The summed E-state index contributed by atoms with van der Waals surface area (Å²) in [4.78, 5) is 11.8. The molecule has 66 valence electrons. The molecule has 0 radical (unpaired) electrons. The number of ketones is 1. The minimum atomic E-state index is 0.509. The minimum Gasteiger partial charge on any atom is -0.299 e. The zero-order valence-electron chi connectivity index (χ0n) is 7.46. The first-order chi connectivity index (χ1) is 5.84. The number of carbonyl (C=O) groups excluding carboxylic acids is 1. The van der Waals surface area contributed by atoms with Gasteiger partial charge in [-0.05, 0) is 43.9 Å². The third-order valence-electron chi connectivity index (χ3n) is 4.08. The highest BCUT2D eigenvalue weighted by molar-refractivity contribution is 5.86. The highest BCUT2D eigenvalue weighted by Gasteiger charge is 2.46. The molecule has 0 aliphatic heterocycles. The van der Waals surface area contributed by atoms with Crippen LogP contribution in [0.3, 0.4) is 0 Å². The van der Waals surface area contributed by atoms with E-state index in [1.165, 1.54) is 38.5 Å². The van der Waals surface area contributed by atoms with Gasteiger partial charge >= 0.3 is 0 Å². The second-order valence-corrected chi connectivity index (χ2v) is 4.96. The summed E-state index contributed by atoms with van der Waals surface area (Å²) in [6.45, 7) is 0. The number of rotatable bonds is 2. The summed E-state index contributed by atoms with van der Waals surface area (Å²) in [5.41, 5.74) is 0. The molecule has 1 nitrogen and oxygen atoms in total. The van der Waals surface area contributed by atoms with Crippen LogP contribution in [0.5, 0.6) is 0 Å². The molecular weight excluding hydrogens is 148 g/mol. The molecule has 0 aromatic heterocycles. The summed E-state index contributed by atoms with van der Waals surface area (Å²) in [6, 6.07) is 0. The van der Waals surface area contributed by atoms with Crippen molar-refractivity contribution >= 4 is 5.78 Å². The van der Waals surface area contributed by atoms with Crippen LogP contribution >= 0.6 is 0 Å². The van der Waals surface area contributed by atoms with Gasteiger partial charge in [-0.1, -0.05) is 6.42 Å². The van der Waals surface area contributed by atoms with Crippen LogP contribution in [0.4, 0.5) is 0 Å². The average molecular weight is 164 g/mol. The molecule has 3 saturated carbocycles. The molecule has 1 heteroatoms. The van der Waals surface area contributed by atoms with E-state index in [1.54, 1.807) is 0 Å². The third-order valence-corrected chi connectivity index (χ3v) is 4.08. The fourth-order valence-electron chi connectivity index (χ4n) is 3.26. The predicted octanol–water partition coefficient (Wildman–Crippen LogP) is 2.40. The molecule has 0 aromatic rings. The summed E-state index contributed by atoms with van der Waals surface area (Å²) in [5.74, 6) is 3.40. The van der Waals surface area contributed by atoms with Crippen LogP contribution in [-0.2, 0) is 4.79 Å². The van der Waals surface area contributed by atoms with Gasteiger partial charge in [0.1, 0.15) is 5.78 Å². The first-order valence-corrected chi connectivity index (χ1v) is 5.38. The second kappa shape index (κ2) is 2.34. The number of hydrogen-bond acceptors (Lipinski definition) is 1. The zero-order valence-corrected chi connectivity index (χ0v) is 7.46. The van der Waals surface area contributed by atoms with E-state index in [2.05, 4.69) is 0 Å². The highest BCUT2D eigenvalue weighted by atomic mass is 16.1. The van der Waals surface area contributed by atoms with Crippen molar-refractivity contribution in [3.63, 3.8) is 0 Å². The van der Waals surface area contributed by atoms with Crippen LogP contribution in [-0.4, -0.2) is 5.78 Å². The number of Topliss-reactive ketones (excluding diaryl/α,β-unsaturated/α-hetero) is 1. The van der Waals surface area contributed by atoms with Crippen LogP contribution in [0.1, 0.15) is 38.5 Å². The van der Waals surface area contributed by atoms with Crippen LogP contribution in [0.25, 0.3) is 0 Å². The predicted molar refractivity (Wildman–Crippen MR) is 46.7 cm³/mol. The van der Waals surface area contributed by atoms with Crippen molar-refractivity contribution in [2.45, 2.75) is 38.5 Å². The summed E-state index contributed by atoms with van der Waals surface area (Å²) >= 11 is 0. The summed E-state index contributed by atoms with van der Waals surface area (Å²) in [6.07, 6.45) is 7.80. The smallest absolute Gasteiger partial charge is 0.139 e. The largest absolute Gasteiger partial charge is 0.299 e. The first kappa shape index (κ1) is 7.11.